The first-order valence-corrected chi connectivity index (χ1v) is 3.79. The van der Waals surface area contributed by atoms with Crippen molar-refractivity contribution < 1.29 is 0 Å². The number of benzene rings is 1. The summed E-state index contributed by atoms with van der Waals surface area (Å²) in [7, 11) is 0. The van der Waals surface area contributed by atoms with Crippen molar-refractivity contribution in [2.24, 2.45) is 0 Å². The Bertz CT molecular complexity index is 165. The first kappa shape index (κ1) is 6.85. The molecule has 0 aliphatic carbocycles. The average Bonchev–Trinajstić information content (AvgIpc) is 1.59. The fourth-order valence-corrected chi connectivity index (χ4v) is 1.71. The van der Waals surface area contributed by atoms with Crippen LogP contribution in [0.1, 0.15) is 11.1 Å². The summed E-state index contributed by atoms with van der Waals surface area (Å²) in [5.74, 6) is 0. The molecule has 0 spiro atoms. The first-order chi connectivity index (χ1) is 4.18. The van der Waals surface area contributed by atoms with Crippen LogP contribution in [0.2, 0.25) is 0 Å². The zero-order valence-electron chi connectivity index (χ0n) is 5.64. The van der Waals surface area contributed by atoms with Gasteiger partial charge in [0.05, 0.1) is 0 Å². The summed E-state index contributed by atoms with van der Waals surface area (Å²) >= 11 is 2.98. The molecule has 0 heterocycles. The van der Waals surface area contributed by atoms with Gasteiger partial charge in [0.25, 0.3) is 0 Å². The molecule has 1 aromatic rings. The van der Waals surface area contributed by atoms with Gasteiger partial charge < -0.3 is 0 Å². The van der Waals surface area contributed by atoms with E-state index in [9.17, 15) is 0 Å². The molecular weight excluding hydrogens is 175 g/mol. The second-order valence-electron chi connectivity index (χ2n) is 2.32. The summed E-state index contributed by atoms with van der Waals surface area (Å²) < 4.78 is 1.23. The monoisotopic (exact) mass is 185 g/mol. The van der Waals surface area contributed by atoms with Crippen LogP contribution in [0.3, 0.4) is 0 Å². The van der Waals surface area contributed by atoms with E-state index in [1.165, 1.54) is 15.6 Å². The topological polar surface area (TPSA) is 0 Å². The van der Waals surface area contributed by atoms with Crippen LogP contribution in [0.5, 0.6) is 0 Å². The van der Waals surface area contributed by atoms with E-state index in [2.05, 4.69) is 48.1 Å². The standard InChI is InChI=1S/C8H9Se/c1-6-3-7(2)5-8(9)4-6/h3-5H,1-2H3. The number of hydrogen-bond donors (Lipinski definition) is 0. The fourth-order valence-electron chi connectivity index (χ4n) is 0.933. The summed E-state index contributed by atoms with van der Waals surface area (Å²) in [6, 6.07) is 6.43. The number of hydrogen-bond acceptors (Lipinski definition) is 0. The summed E-state index contributed by atoms with van der Waals surface area (Å²) in [6.07, 6.45) is 0. The normalized spacial score (nSPS) is 9.56. The Morgan fingerprint density at radius 3 is 1.78 bits per heavy atom. The molecule has 0 atom stereocenters. The van der Waals surface area contributed by atoms with Gasteiger partial charge in [0, 0.05) is 0 Å². The van der Waals surface area contributed by atoms with E-state index < -0.39 is 0 Å². The summed E-state index contributed by atoms with van der Waals surface area (Å²) in [5.41, 5.74) is 2.65. The minimum absolute atomic E-state index is 1.23. The molecule has 0 fully saturated rings. The molecule has 47 valence electrons. The summed E-state index contributed by atoms with van der Waals surface area (Å²) in [4.78, 5) is 0. The van der Waals surface area contributed by atoms with Crippen molar-refractivity contribution in [2.75, 3.05) is 0 Å². The quantitative estimate of drug-likeness (QED) is 0.529. The zero-order chi connectivity index (χ0) is 6.85. The van der Waals surface area contributed by atoms with Crippen LogP contribution in [0, 0.1) is 13.8 Å². The number of aryl methyl sites for hydroxylation is 2. The van der Waals surface area contributed by atoms with Crippen LogP contribution in [-0.4, -0.2) is 16.0 Å². The van der Waals surface area contributed by atoms with Gasteiger partial charge in [-0.15, -0.1) is 0 Å². The van der Waals surface area contributed by atoms with Gasteiger partial charge in [-0.05, 0) is 0 Å². The molecule has 0 amide bonds. The van der Waals surface area contributed by atoms with Crippen LogP contribution in [-0.2, 0) is 0 Å². The molecule has 0 aromatic heterocycles. The molecule has 0 saturated carbocycles. The van der Waals surface area contributed by atoms with Gasteiger partial charge in [-0.25, -0.2) is 0 Å². The minimum atomic E-state index is 1.23. The van der Waals surface area contributed by atoms with E-state index in [1.54, 1.807) is 0 Å². The van der Waals surface area contributed by atoms with Crippen molar-refractivity contribution in [2.45, 2.75) is 13.8 Å². The maximum absolute atomic E-state index is 2.98. The Kier molecular flexibility index (Phi) is 1.94. The van der Waals surface area contributed by atoms with Gasteiger partial charge in [0.1, 0.15) is 0 Å². The fraction of sp³-hybridized carbons (Fsp3) is 0.250. The van der Waals surface area contributed by atoms with Crippen molar-refractivity contribution in [3.8, 4) is 0 Å². The third-order valence-corrected chi connectivity index (χ3v) is 1.69. The Morgan fingerprint density at radius 1 is 1.00 bits per heavy atom. The molecule has 1 heteroatoms. The molecule has 9 heavy (non-hydrogen) atoms. The molecular formula is C8H9Se. The molecule has 1 aromatic carbocycles. The Hall–Kier alpha value is -0.261. The molecule has 0 aliphatic heterocycles. The van der Waals surface area contributed by atoms with E-state index in [4.69, 9.17) is 0 Å². The Morgan fingerprint density at radius 2 is 1.44 bits per heavy atom. The van der Waals surface area contributed by atoms with Crippen molar-refractivity contribution >= 4 is 20.5 Å². The van der Waals surface area contributed by atoms with Crippen molar-refractivity contribution in [3.05, 3.63) is 29.3 Å². The molecule has 0 aliphatic rings. The van der Waals surface area contributed by atoms with Gasteiger partial charge in [0.15, 0.2) is 0 Å². The van der Waals surface area contributed by atoms with E-state index in [0.29, 0.717) is 0 Å². The molecule has 0 N–H and O–H groups in total. The van der Waals surface area contributed by atoms with Crippen LogP contribution in [0.25, 0.3) is 0 Å². The van der Waals surface area contributed by atoms with Gasteiger partial charge in [-0.1, -0.05) is 0 Å². The van der Waals surface area contributed by atoms with Crippen LogP contribution in [0.15, 0.2) is 18.2 Å². The molecule has 0 nitrogen and oxygen atoms in total. The van der Waals surface area contributed by atoms with Crippen molar-refractivity contribution in [1.82, 2.24) is 0 Å². The molecule has 0 unspecified atom stereocenters. The third-order valence-electron chi connectivity index (χ3n) is 1.20. The van der Waals surface area contributed by atoms with E-state index in [-0.39, 0.29) is 0 Å². The second-order valence-corrected chi connectivity index (χ2v) is 3.31. The van der Waals surface area contributed by atoms with Crippen LogP contribution in [0.4, 0.5) is 0 Å². The van der Waals surface area contributed by atoms with Crippen molar-refractivity contribution in [3.63, 3.8) is 0 Å². The van der Waals surface area contributed by atoms with Gasteiger partial charge in [-0.2, -0.15) is 0 Å². The van der Waals surface area contributed by atoms with Gasteiger partial charge in [0.2, 0.25) is 0 Å². The molecule has 1 rings (SSSR count). The average molecular weight is 184 g/mol. The Balaban J connectivity index is 3.17. The third kappa shape index (κ3) is 1.85. The summed E-state index contributed by atoms with van der Waals surface area (Å²) in [6.45, 7) is 4.21. The van der Waals surface area contributed by atoms with E-state index in [1.807, 2.05) is 0 Å². The molecule has 1 radical (unpaired) electrons. The first-order valence-electron chi connectivity index (χ1n) is 2.94. The SMILES string of the molecule is Cc1cc(C)cc([Se])c1. The van der Waals surface area contributed by atoms with E-state index >= 15 is 0 Å². The van der Waals surface area contributed by atoms with Crippen molar-refractivity contribution in [1.29, 1.82) is 0 Å². The number of rotatable bonds is 0. The predicted octanol–water partition coefficient (Wildman–Crippen LogP) is 1.10. The summed E-state index contributed by atoms with van der Waals surface area (Å²) in [5, 5.41) is 0. The van der Waals surface area contributed by atoms with Gasteiger partial charge in [-0.3, -0.25) is 0 Å². The van der Waals surface area contributed by atoms with Crippen LogP contribution >= 0.6 is 0 Å². The Labute approximate surface area is 64.1 Å². The molecule has 0 bridgehead atoms. The van der Waals surface area contributed by atoms with Crippen LogP contribution < -0.4 is 4.46 Å². The second kappa shape index (κ2) is 2.55. The predicted molar refractivity (Wildman–Crippen MR) is 41.3 cm³/mol. The maximum atomic E-state index is 2.98. The zero-order valence-corrected chi connectivity index (χ0v) is 7.35. The van der Waals surface area contributed by atoms with E-state index in [0.717, 1.165) is 0 Å². The van der Waals surface area contributed by atoms with Gasteiger partial charge >= 0.3 is 63.6 Å². The molecule has 0 saturated heterocycles.